The number of hydrogen-bond acceptors (Lipinski definition) is 4. The molecule has 0 heterocycles. The summed E-state index contributed by atoms with van der Waals surface area (Å²) in [5, 5.41) is 18.5. The first-order valence-corrected chi connectivity index (χ1v) is 5.30. The normalized spacial score (nSPS) is 10.1. The van der Waals surface area contributed by atoms with Gasteiger partial charge in [0.15, 0.2) is 0 Å². The minimum Gasteiger partial charge on any atom is -0.508 e. The van der Waals surface area contributed by atoms with E-state index in [0.29, 0.717) is 11.3 Å². The Kier molecular flexibility index (Phi) is 5.03. The summed E-state index contributed by atoms with van der Waals surface area (Å²) in [6, 6.07) is 4.78. The predicted molar refractivity (Wildman–Crippen MR) is 66.4 cm³/mol. The van der Waals surface area contributed by atoms with E-state index in [1.165, 1.54) is 18.1 Å². The standard InChI is InChI=1S/C13H15NO4/c1-3-6-14(9-13(16)17)8-10-7-11(18-2)4-5-12(10)15/h1,4-5,7,15H,6,8-9H2,2H3,(H,16,17). The van der Waals surface area contributed by atoms with Gasteiger partial charge in [-0.1, -0.05) is 5.92 Å². The summed E-state index contributed by atoms with van der Waals surface area (Å²) in [7, 11) is 1.52. The molecule has 18 heavy (non-hydrogen) atoms. The molecule has 0 aromatic heterocycles. The number of terminal acetylenes is 1. The number of ether oxygens (including phenoxy) is 1. The summed E-state index contributed by atoms with van der Waals surface area (Å²) in [6.45, 7) is 0.267. The summed E-state index contributed by atoms with van der Waals surface area (Å²) in [6.07, 6.45) is 5.18. The van der Waals surface area contributed by atoms with E-state index in [4.69, 9.17) is 16.3 Å². The number of nitrogens with zero attached hydrogens (tertiary/aromatic N) is 1. The van der Waals surface area contributed by atoms with Gasteiger partial charge >= 0.3 is 5.97 Å². The Balaban J connectivity index is 2.85. The predicted octanol–water partition coefficient (Wildman–Crippen LogP) is 0.921. The Labute approximate surface area is 106 Å². The van der Waals surface area contributed by atoms with Crippen LogP contribution in [0.3, 0.4) is 0 Å². The summed E-state index contributed by atoms with van der Waals surface area (Å²) >= 11 is 0. The van der Waals surface area contributed by atoms with E-state index in [-0.39, 0.29) is 25.4 Å². The number of aliphatic carboxylic acids is 1. The van der Waals surface area contributed by atoms with Gasteiger partial charge in [-0.05, 0) is 18.2 Å². The second-order valence-corrected chi connectivity index (χ2v) is 3.74. The molecular weight excluding hydrogens is 234 g/mol. The van der Waals surface area contributed by atoms with Gasteiger partial charge < -0.3 is 14.9 Å². The average molecular weight is 249 g/mol. The number of carboxylic acids is 1. The van der Waals surface area contributed by atoms with Crippen LogP contribution in [-0.2, 0) is 11.3 Å². The number of phenols is 1. The van der Waals surface area contributed by atoms with Crippen molar-refractivity contribution >= 4 is 5.97 Å². The highest BCUT2D eigenvalue weighted by Crippen LogP contribution is 2.24. The van der Waals surface area contributed by atoms with Crippen molar-refractivity contribution in [2.45, 2.75) is 6.54 Å². The third-order valence-corrected chi connectivity index (χ3v) is 2.35. The highest BCUT2D eigenvalue weighted by atomic mass is 16.5. The number of benzene rings is 1. The van der Waals surface area contributed by atoms with Crippen LogP contribution in [0.2, 0.25) is 0 Å². The fourth-order valence-corrected chi connectivity index (χ4v) is 1.54. The van der Waals surface area contributed by atoms with Gasteiger partial charge in [0.05, 0.1) is 20.2 Å². The minimum absolute atomic E-state index is 0.0863. The van der Waals surface area contributed by atoms with Crippen LogP contribution < -0.4 is 4.74 Å². The molecule has 0 aliphatic carbocycles. The maximum Gasteiger partial charge on any atom is 0.317 e. The summed E-state index contributed by atoms with van der Waals surface area (Å²) in [5.41, 5.74) is 0.575. The summed E-state index contributed by atoms with van der Waals surface area (Å²) < 4.78 is 5.05. The molecule has 0 amide bonds. The lowest BCUT2D eigenvalue weighted by molar-refractivity contribution is -0.138. The molecular formula is C13H15NO4. The van der Waals surface area contributed by atoms with Crippen molar-refractivity contribution in [3.63, 3.8) is 0 Å². The van der Waals surface area contributed by atoms with Gasteiger partial charge in [0.2, 0.25) is 0 Å². The molecule has 0 spiro atoms. The third kappa shape index (κ3) is 4.00. The van der Waals surface area contributed by atoms with Crippen molar-refractivity contribution in [1.29, 1.82) is 0 Å². The molecule has 0 bridgehead atoms. The Hall–Kier alpha value is -2.19. The van der Waals surface area contributed by atoms with Crippen molar-refractivity contribution in [3.05, 3.63) is 23.8 Å². The molecule has 0 saturated heterocycles. The van der Waals surface area contributed by atoms with Crippen LogP contribution in [0.4, 0.5) is 0 Å². The van der Waals surface area contributed by atoms with E-state index < -0.39 is 5.97 Å². The SMILES string of the molecule is C#CCN(CC(=O)O)Cc1cc(OC)ccc1O. The molecule has 96 valence electrons. The molecule has 1 rings (SSSR count). The van der Waals surface area contributed by atoms with Crippen LogP contribution in [0.5, 0.6) is 11.5 Å². The smallest absolute Gasteiger partial charge is 0.317 e. The molecule has 1 aromatic rings. The average Bonchev–Trinajstić information content (AvgIpc) is 2.31. The first kappa shape index (κ1) is 13.9. The van der Waals surface area contributed by atoms with Gasteiger partial charge in [-0.2, -0.15) is 0 Å². The fourth-order valence-electron chi connectivity index (χ4n) is 1.54. The quantitative estimate of drug-likeness (QED) is 0.734. The molecule has 5 heteroatoms. The third-order valence-electron chi connectivity index (χ3n) is 2.35. The highest BCUT2D eigenvalue weighted by molar-refractivity contribution is 5.69. The highest BCUT2D eigenvalue weighted by Gasteiger charge is 2.12. The first-order chi connectivity index (χ1) is 8.56. The molecule has 0 unspecified atom stereocenters. The van der Waals surface area contributed by atoms with Gasteiger partial charge in [0.25, 0.3) is 0 Å². The van der Waals surface area contributed by atoms with Gasteiger partial charge in [0, 0.05) is 12.1 Å². The molecule has 2 N–H and O–H groups in total. The van der Waals surface area contributed by atoms with Crippen LogP contribution in [0.1, 0.15) is 5.56 Å². The van der Waals surface area contributed by atoms with Crippen LogP contribution in [0.25, 0.3) is 0 Å². The maximum absolute atomic E-state index is 10.7. The lowest BCUT2D eigenvalue weighted by Crippen LogP contribution is -2.29. The van der Waals surface area contributed by atoms with Crippen LogP contribution in [0.15, 0.2) is 18.2 Å². The molecule has 0 aliphatic heterocycles. The van der Waals surface area contributed by atoms with Crippen molar-refractivity contribution in [3.8, 4) is 23.8 Å². The van der Waals surface area contributed by atoms with E-state index in [2.05, 4.69) is 5.92 Å². The van der Waals surface area contributed by atoms with E-state index in [9.17, 15) is 9.90 Å². The Bertz CT molecular complexity index is 465. The molecule has 0 atom stereocenters. The van der Waals surface area contributed by atoms with E-state index in [1.54, 1.807) is 12.1 Å². The van der Waals surface area contributed by atoms with Gasteiger partial charge in [-0.3, -0.25) is 9.69 Å². The van der Waals surface area contributed by atoms with Gasteiger partial charge in [0.1, 0.15) is 11.5 Å². The second kappa shape index (κ2) is 6.52. The molecule has 0 saturated carbocycles. The van der Waals surface area contributed by atoms with Crippen molar-refractivity contribution in [2.24, 2.45) is 0 Å². The summed E-state index contributed by atoms with van der Waals surface area (Å²) in [4.78, 5) is 12.2. The summed E-state index contributed by atoms with van der Waals surface area (Å²) in [5.74, 6) is 2.11. The minimum atomic E-state index is -0.965. The Morgan fingerprint density at radius 3 is 2.83 bits per heavy atom. The molecule has 0 fully saturated rings. The number of hydrogen-bond donors (Lipinski definition) is 2. The number of carboxylic acid groups (broad SMARTS) is 1. The number of rotatable bonds is 6. The molecule has 1 aromatic carbocycles. The number of carbonyl (C=O) groups is 1. The maximum atomic E-state index is 10.7. The largest absolute Gasteiger partial charge is 0.508 e. The molecule has 0 aliphatic rings. The monoisotopic (exact) mass is 249 g/mol. The molecule has 0 radical (unpaired) electrons. The van der Waals surface area contributed by atoms with Gasteiger partial charge in [-0.15, -0.1) is 6.42 Å². The first-order valence-electron chi connectivity index (χ1n) is 5.30. The van der Waals surface area contributed by atoms with E-state index >= 15 is 0 Å². The van der Waals surface area contributed by atoms with Crippen LogP contribution in [0, 0.1) is 12.3 Å². The van der Waals surface area contributed by atoms with Gasteiger partial charge in [-0.25, -0.2) is 0 Å². The van der Waals surface area contributed by atoms with Crippen molar-refractivity contribution in [2.75, 3.05) is 20.2 Å². The van der Waals surface area contributed by atoms with Crippen LogP contribution in [-0.4, -0.2) is 41.3 Å². The van der Waals surface area contributed by atoms with Crippen molar-refractivity contribution in [1.82, 2.24) is 4.90 Å². The molecule has 5 nitrogen and oxygen atoms in total. The lowest BCUT2D eigenvalue weighted by Gasteiger charge is -2.18. The fraction of sp³-hybridized carbons (Fsp3) is 0.308. The van der Waals surface area contributed by atoms with E-state index in [0.717, 1.165) is 0 Å². The lowest BCUT2D eigenvalue weighted by atomic mass is 10.1. The van der Waals surface area contributed by atoms with E-state index in [1.807, 2.05) is 0 Å². The zero-order valence-corrected chi connectivity index (χ0v) is 10.1. The topological polar surface area (TPSA) is 70.0 Å². The zero-order chi connectivity index (χ0) is 13.5. The van der Waals surface area contributed by atoms with Crippen LogP contribution >= 0.6 is 0 Å². The number of methoxy groups -OCH3 is 1. The Morgan fingerprint density at radius 2 is 2.28 bits per heavy atom. The Morgan fingerprint density at radius 1 is 1.56 bits per heavy atom. The van der Waals surface area contributed by atoms with Crippen molar-refractivity contribution < 1.29 is 19.7 Å². The zero-order valence-electron chi connectivity index (χ0n) is 10.1. The number of aromatic hydroxyl groups is 1. The second-order valence-electron chi connectivity index (χ2n) is 3.74. The number of phenolic OH excluding ortho intramolecular Hbond substituents is 1.